The molecule has 0 spiro atoms. The minimum absolute atomic E-state index is 0.475. The van der Waals surface area contributed by atoms with Gasteiger partial charge in [0.2, 0.25) is 0 Å². The summed E-state index contributed by atoms with van der Waals surface area (Å²) in [5.41, 5.74) is 1.43. The molecule has 0 aliphatic heterocycles. The minimum atomic E-state index is 0.475. The van der Waals surface area contributed by atoms with Crippen LogP contribution in [0.3, 0.4) is 0 Å². The predicted octanol–water partition coefficient (Wildman–Crippen LogP) is 3.48. The molecular weight excluding hydrogens is 214 g/mol. The Morgan fingerprint density at radius 2 is 1.94 bits per heavy atom. The van der Waals surface area contributed by atoms with Gasteiger partial charge in [-0.15, -0.1) is 11.8 Å². The second kappa shape index (κ2) is 5.24. The maximum Gasteiger partial charge on any atom is 0.0331 e. The van der Waals surface area contributed by atoms with Crippen molar-refractivity contribution >= 4 is 11.8 Å². The molecule has 0 amide bonds. The lowest BCUT2D eigenvalue weighted by Gasteiger charge is -2.41. The summed E-state index contributed by atoms with van der Waals surface area (Å²) < 4.78 is 0.475. The van der Waals surface area contributed by atoms with Crippen LogP contribution in [0.4, 0.5) is 0 Å². The van der Waals surface area contributed by atoms with E-state index in [0.29, 0.717) is 4.75 Å². The molecule has 0 aromatic heterocycles. The summed E-state index contributed by atoms with van der Waals surface area (Å²) in [4.78, 5) is 1.42. The van der Waals surface area contributed by atoms with Gasteiger partial charge in [-0.05, 0) is 44.0 Å². The Hall–Kier alpha value is -0.470. The summed E-state index contributed by atoms with van der Waals surface area (Å²) in [5.74, 6) is 0. The van der Waals surface area contributed by atoms with E-state index in [1.165, 1.54) is 29.7 Å². The zero-order chi connectivity index (χ0) is 11.4. The number of aryl methyl sites for hydroxylation is 1. The van der Waals surface area contributed by atoms with Crippen LogP contribution in [0.25, 0.3) is 0 Å². The van der Waals surface area contributed by atoms with E-state index < -0.39 is 0 Å². The highest BCUT2D eigenvalue weighted by atomic mass is 32.2. The van der Waals surface area contributed by atoms with Crippen LogP contribution in [0.2, 0.25) is 0 Å². The molecule has 1 nitrogen and oxygen atoms in total. The van der Waals surface area contributed by atoms with E-state index in [0.717, 1.165) is 13.0 Å². The van der Waals surface area contributed by atoms with Crippen molar-refractivity contribution in [3.63, 3.8) is 0 Å². The van der Waals surface area contributed by atoms with Gasteiger partial charge in [-0.1, -0.05) is 25.5 Å². The molecule has 0 heterocycles. The third-order valence-corrected chi connectivity index (χ3v) is 4.92. The fourth-order valence-corrected chi connectivity index (χ4v) is 3.73. The topological polar surface area (TPSA) is 12.0 Å². The fourth-order valence-electron chi connectivity index (χ4n) is 2.25. The van der Waals surface area contributed by atoms with Gasteiger partial charge in [-0.2, -0.15) is 0 Å². The maximum absolute atomic E-state index is 3.33. The van der Waals surface area contributed by atoms with Crippen LogP contribution >= 0.6 is 11.8 Å². The van der Waals surface area contributed by atoms with E-state index in [1.807, 2.05) is 0 Å². The molecule has 1 N–H and O–H groups in total. The second-order valence-corrected chi connectivity index (χ2v) is 6.21. The first-order valence-electron chi connectivity index (χ1n) is 6.20. The van der Waals surface area contributed by atoms with E-state index in [2.05, 4.69) is 55.3 Å². The van der Waals surface area contributed by atoms with Crippen molar-refractivity contribution in [2.75, 3.05) is 13.6 Å². The Morgan fingerprint density at radius 3 is 2.38 bits per heavy atom. The first-order chi connectivity index (χ1) is 7.78. The van der Waals surface area contributed by atoms with Crippen LogP contribution in [0, 0.1) is 0 Å². The molecule has 16 heavy (non-hydrogen) atoms. The van der Waals surface area contributed by atoms with Crippen molar-refractivity contribution in [1.82, 2.24) is 5.32 Å². The fraction of sp³-hybridized carbons (Fsp3) is 0.571. The summed E-state index contributed by atoms with van der Waals surface area (Å²) in [6.45, 7) is 3.34. The second-order valence-electron chi connectivity index (χ2n) is 4.67. The molecular formula is C14H21NS. The monoisotopic (exact) mass is 235 g/mol. The molecule has 0 saturated heterocycles. The highest BCUT2D eigenvalue weighted by Crippen LogP contribution is 2.47. The zero-order valence-electron chi connectivity index (χ0n) is 10.3. The smallest absolute Gasteiger partial charge is 0.0331 e. The molecule has 1 aliphatic rings. The standard InChI is InChI=1S/C14H21NS/c1-3-12-5-7-13(8-6-12)16-14(11-15-2)9-4-10-14/h5-8,15H,3-4,9-11H2,1-2H3. The number of hydrogen-bond donors (Lipinski definition) is 1. The van der Waals surface area contributed by atoms with E-state index >= 15 is 0 Å². The molecule has 0 radical (unpaired) electrons. The highest BCUT2D eigenvalue weighted by Gasteiger charge is 2.37. The van der Waals surface area contributed by atoms with Crippen molar-refractivity contribution in [2.45, 2.75) is 42.2 Å². The van der Waals surface area contributed by atoms with Gasteiger partial charge in [-0.3, -0.25) is 0 Å². The van der Waals surface area contributed by atoms with E-state index in [1.54, 1.807) is 0 Å². The average Bonchev–Trinajstić information content (AvgIpc) is 2.27. The number of thioether (sulfide) groups is 1. The SMILES string of the molecule is CCc1ccc(SC2(CNC)CCC2)cc1. The van der Waals surface area contributed by atoms with Crippen LogP contribution in [0.1, 0.15) is 31.7 Å². The maximum atomic E-state index is 3.33. The Balaban J connectivity index is 2.01. The van der Waals surface area contributed by atoms with Crippen LogP contribution in [-0.4, -0.2) is 18.3 Å². The normalized spacial score (nSPS) is 18.1. The number of rotatable bonds is 5. The van der Waals surface area contributed by atoms with Gasteiger partial charge in [0.05, 0.1) is 0 Å². The lowest BCUT2D eigenvalue weighted by molar-refractivity contribution is 0.353. The van der Waals surface area contributed by atoms with Crippen LogP contribution < -0.4 is 5.32 Å². The van der Waals surface area contributed by atoms with Crippen molar-refractivity contribution in [3.05, 3.63) is 29.8 Å². The summed E-state index contributed by atoms with van der Waals surface area (Å²) in [5, 5.41) is 3.33. The van der Waals surface area contributed by atoms with Crippen molar-refractivity contribution < 1.29 is 0 Å². The summed E-state index contributed by atoms with van der Waals surface area (Å²) in [6.07, 6.45) is 5.23. The van der Waals surface area contributed by atoms with Crippen molar-refractivity contribution in [3.8, 4) is 0 Å². The molecule has 1 aromatic rings. The minimum Gasteiger partial charge on any atom is -0.318 e. The van der Waals surface area contributed by atoms with Gasteiger partial charge in [0.1, 0.15) is 0 Å². The number of hydrogen-bond acceptors (Lipinski definition) is 2. The molecule has 2 rings (SSSR count). The third kappa shape index (κ3) is 2.61. The van der Waals surface area contributed by atoms with Crippen LogP contribution in [-0.2, 0) is 6.42 Å². The molecule has 0 atom stereocenters. The summed E-state index contributed by atoms with van der Waals surface area (Å²) in [6, 6.07) is 9.07. The molecule has 1 aromatic carbocycles. The van der Waals surface area contributed by atoms with E-state index in [9.17, 15) is 0 Å². The quantitative estimate of drug-likeness (QED) is 0.838. The largest absolute Gasteiger partial charge is 0.318 e. The van der Waals surface area contributed by atoms with Crippen LogP contribution in [0.15, 0.2) is 29.2 Å². The number of nitrogens with one attached hydrogen (secondary N) is 1. The molecule has 0 bridgehead atoms. The zero-order valence-corrected chi connectivity index (χ0v) is 11.1. The van der Waals surface area contributed by atoms with E-state index in [-0.39, 0.29) is 0 Å². The van der Waals surface area contributed by atoms with Gasteiger partial charge in [0, 0.05) is 16.2 Å². The lowest BCUT2D eigenvalue weighted by Crippen LogP contribution is -2.42. The van der Waals surface area contributed by atoms with Gasteiger partial charge in [0.15, 0.2) is 0 Å². The molecule has 88 valence electrons. The molecule has 0 unspecified atom stereocenters. The Labute approximate surface area is 103 Å². The summed E-state index contributed by atoms with van der Waals surface area (Å²) >= 11 is 2.06. The molecule has 1 fully saturated rings. The van der Waals surface area contributed by atoms with E-state index in [4.69, 9.17) is 0 Å². The number of benzene rings is 1. The van der Waals surface area contributed by atoms with Crippen molar-refractivity contribution in [2.24, 2.45) is 0 Å². The van der Waals surface area contributed by atoms with Gasteiger partial charge < -0.3 is 5.32 Å². The van der Waals surface area contributed by atoms with Gasteiger partial charge in [-0.25, -0.2) is 0 Å². The Morgan fingerprint density at radius 1 is 1.25 bits per heavy atom. The molecule has 2 heteroatoms. The lowest BCUT2D eigenvalue weighted by atomic mass is 9.84. The predicted molar refractivity (Wildman–Crippen MR) is 72.2 cm³/mol. The first-order valence-corrected chi connectivity index (χ1v) is 7.02. The summed E-state index contributed by atoms with van der Waals surface area (Å²) in [7, 11) is 2.06. The van der Waals surface area contributed by atoms with Crippen LogP contribution in [0.5, 0.6) is 0 Å². The highest BCUT2D eigenvalue weighted by molar-refractivity contribution is 8.00. The molecule has 1 aliphatic carbocycles. The van der Waals surface area contributed by atoms with Gasteiger partial charge in [0.25, 0.3) is 0 Å². The third-order valence-electron chi connectivity index (χ3n) is 3.43. The Kier molecular flexibility index (Phi) is 3.93. The van der Waals surface area contributed by atoms with Gasteiger partial charge >= 0.3 is 0 Å². The average molecular weight is 235 g/mol. The Bertz CT molecular complexity index is 327. The first kappa shape index (κ1) is 12.0. The van der Waals surface area contributed by atoms with Crippen molar-refractivity contribution in [1.29, 1.82) is 0 Å². The molecule has 1 saturated carbocycles.